The van der Waals surface area contributed by atoms with Crippen molar-refractivity contribution in [2.24, 2.45) is 17.6 Å². The van der Waals surface area contributed by atoms with Crippen LogP contribution >= 0.6 is 0 Å². The van der Waals surface area contributed by atoms with Crippen molar-refractivity contribution in [2.75, 3.05) is 26.7 Å². The Hall–Kier alpha value is -2.52. The zero-order valence-corrected chi connectivity index (χ0v) is 20.9. The van der Waals surface area contributed by atoms with Crippen LogP contribution in [0.5, 0.6) is 0 Å². The minimum atomic E-state index is -0.814. The maximum atomic E-state index is 13.5. The first-order chi connectivity index (χ1) is 15.4. The third-order valence-electron chi connectivity index (χ3n) is 6.51. The van der Waals surface area contributed by atoms with Gasteiger partial charge in [-0.2, -0.15) is 0 Å². The summed E-state index contributed by atoms with van der Waals surface area (Å²) in [6.45, 7) is 8.54. The molecule has 0 aromatic heterocycles. The fourth-order valence-corrected chi connectivity index (χ4v) is 4.59. The summed E-state index contributed by atoms with van der Waals surface area (Å²) in [7, 11) is 1.51. The maximum Gasteiger partial charge on any atom is 0.430 e. The molecular formula is C23H42N6O4. The molecule has 0 bridgehead atoms. The fourth-order valence-electron chi connectivity index (χ4n) is 4.59. The highest BCUT2D eigenvalue weighted by atomic mass is 16.6. The highest BCUT2D eigenvalue weighted by Crippen LogP contribution is 2.31. The quantitative estimate of drug-likeness (QED) is 0.324. The van der Waals surface area contributed by atoms with Crippen molar-refractivity contribution in [1.29, 1.82) is 5.41 Å². The van der Waals surface area contributed by atoms with E-state index in [9.17, 15) is 14.4 Å². The zero-order valence-electron chi connectivity index (χ0n) is 20.9. The number of hydrogen-bond acceptors (Lipinski definition) is 5. The number of nitrogens with one attached hydrogen (secondary N) is 2. The van der Waals surface area contributed by atoms with Crippen molar-refractivity contribution < 1.29 is 19.1 Å². The molecule has 3 amide bonds. The average molecular weight is 467 g/mol. The van der Waals surface area contributed by atoms with E-state index in [2.05, 4.69) is 5.32 Å². The summed E-state index contributed by atoms with van der Waals surface area (Å²) in [5.74, 6) is -0.291. The molecule has 1 atom stereocenters. The van der Waals surface area contributed by atoms with E-state index in [-0.39, 0.29) is 29.6 Å². The van der Waals surface area contributed by atoms with Gasteiger partial charge in [-0.3, -0.25) is 20.0 Å². The smallest absolute Gasteiger partial charge is 0.430 e. The zero-order chi connectivity index (χ0) is 24.8. The number of nitrogens with zero attached hydrogens (tertiary/aromatic N) is 3. The van der Waals surface area contributed by atoms with Gasteiger partial charge in [-0.25, -0.2) is 9.80 Å². The highest BCUT2D eigenvalue weighted by Gasteiger charge is 2.42. The summed E-state index contributed by atoms with van der Waals surface area (Å²) >= 11 is 0. The van der Waals surface area contributed by atoms with Crippen molar-refractivity contribution in [3.8, 4) is 0 Å². The van der Waals surface area contributed by atoms with E-state index in [1.54, 1.807) is 20.8 Å². The lowest BCUT2D eigenvalue weighted by Crippen LogP contribution is -2.61. The number of carbonyl (C=O) groups excluding carboxylic acids is 3. The van der Waals surface area contributed by atoms with Crippen molar-refractivity contribution in [3.63, 3.8) is 0 Å². The van der Waals surface area contributed by atoms with Gasteiger partial charge in [0.15, 0.2) is 5.96 Å². The van der Waals surface area contributed by atoms with Gasteiger partial charge in [0.2, 0.25) is 11.8 Å². The first kappa shape index (κ1) is 26.7. The van der Waals surface area contributed by atoms with Gasteiger partial charge in [0.1, 0.15) is 11.6 Å². The second-order valence-corrected chi connectivity index (χ2v) is 10.3. The molecule has 2 rings (SSSR count). The van der Waals surface area contributed by atoms with E-state index < -0.39 is 17.7 Å². The molecule has 0 unspecified atom stereocenters. The van der Waals surface area contributed by atoms with Crippen LogP contribution in [-0.4, -0.2) is 77.1 Å². The molecule has 2 fully saturated rings. The Kier molecular flexibility index (Phi) is 9.36. The molecule has 188 valence electrons. The molecule has 1 saturated carbocycles. The van der Waals surface area contributed by atoms with E-state index in [0.29, 0.717) is 19.6 Å². The number of carbonyl (C=O) groups is 3. The predicted molar refractivity (Wildman–Crippen MR) is 126 cm³/mol. The SMILES string of the molecule is CC(=O)N(C)N(C(=O)OC(C)(C)C)[C@H](C(=O)NCC1CCN(C(=N)N)CC1)C1CCCCC1. The number of amides is 3. The number of hydrazine groups is 1. The summed E-state index contributed by atoms with van der Waals surface area (Å²) in [6.07, 6.45) is 5.69. The van der Waals surface area contributed by atoms with Crippen LogP contribution in [0.2, 0.25) is 0 Å². The van der Waals surface area contributed by atoms with Crippen LogP contribution in [0.15, 0.2) is 0 Å². The fraction of sp³-hybridized carbons (Fsp3) is 0.826. The molecule has 1 aliphatic heterocycles. The van der Waals surface area contributed by atoms with Gasteiger partial charge in [-0.05, 0) is 58.3 Å². The van der Waals surface area contributed by atoms with E-state index in [4.69, 9.17) is 15.9 Å². The Bertz CT molecular complexity index is 708. The number of nitrogens with two attached hydrogens (primary N) is 1. The normalized spacial score (nSPS) is 18.9. The van der Waals surface area contributed by atoms with Gasteiger partial charge in [0, 0.05) is 33.6 Å². The van der Waals surface area contributed by atoms with Gasteiger partial charge in [0.05, 0.1) is 0 Å². The molecule has 0 aromatic rings. The topological polar surface area (TPSA) is 132 Å². The van der Waals surface area contributed by atoms with Gasteiger partial charge in [-0.1, -0.05) is 19.3 Å². The van der Waals surface area contributed by atoms with Gasteiger partial charge in [-0.15, -0.1) is 0 Å². The van der Waals surface area contributed by atoms with Crippen molar-refractivity contribution in [2.45, 2.75) is 84.3 Å². The van der Waals surface area contributed by atoms with Crippen LogP contribution in [0.25, 0.3) is 0 Å². The minimum absolute atomic E-state index is 0.0485. The molecule has 33 heavy (non-hydrogen) atoms. The molecule has 10 nitrogen and oxygen atoms in total. The molecule has 1 aliphatic carbocycles. The van der Waals surface area contributed by atoms with Crippen LogP contribution in [0.3, 0.4) is 0 Å². The molecule has 10 heteroatoms. The molecule has 0 aromatic carbocycles. The molecule has 4 N–H and O–H groups in total. The van der Waals surface area contributed by atoms with E-state index in [1.165, 1.54) is 24.0 Å². The van der Waals surface area contributed by atoms with Gasteiger partial charge < -0.3 is 20.7 Å². The van der Waals surface area contributed by atoms with Crippen LogP contribution < -0.4 is 11.1 Å². The highest BCUT2D eigenvalue weighted by molar-refractivity contribution is 5.87. The standard InChI is InChI=1S/C23H42N6O4/c1-16(30)27(5)29(22(32)33-23(2,3)4)19(18-9-7-6-8-10-18)20(31)26-15-17-11-13-28(14-12-17)21(24)25/h17-19H,6-15H2,1-5H3,(H3,24,25)(H,26,31)/t19-/m0/s1. The summed E-state index contributed by atoms with van der Waals surface area (Å²) in [5.41, 5.74) is 4.81. The summed E-state index contributed by atoms with van der Waals surface area (Å²) in [5, 5.41) is 13.1. The Morgan fingerprint density at radius 1 is 1.12 bits per heavy atom. The summed E-state index contributed by atoms with van der Waals surface area (Å²) in [6, 6.07) is -0.814. The molecule has 1 heterocycles. The molecule has 1 saturated heterocycles. The van der Waals surface area contributed by atoms with Crippen LogP contribution in [0.1, 0.15) is 72.6 Å². The number of ether oxygens (including phenoxy) is 1. The Labute approximate surface area is 197 Å². The monoisotopic (exact) mass is 466 g/mol. The third-order valence-corrected chi connectivity index (χ3v) is 6.51. The van der Waals surface area contributed by atoms with Crippen molar-refractivity contribution >= 4 is 23.9 Å². The first-order valence-electron chi connectivity index (χ1n) is 12.0. The Morgan fingerprint density at radius 2 is 1.70 bits per heavy atom. The molecule has 2 aliphatic rings. The first-order valence-corrected chi connectivity index (χ1v) is 12.0. The van der Waals surface area contributed by atoms with Gasteiger partial charge in [0.25, 0.3) is 0 Å². The number of likely N-dealkylation sites (tertiary alicyclic amines) is 1. The molecule has 0 radical (unpaired) electrons. The predicted octanol–water partition coefficient (Wildman–Crippen LogP) is 2.29. The lowest BCUT2D eigenvalue weighted by molar-refractivity contribution is -0.154. The molecule has 0 spiro atoms. The summed E-state index contributed by atoms with van der Waals surface area (Å²) < 4.78 is 5.60. The Balaban J connectivity index is 2.19. The van der Waals surface area contributed by atoms with Crippen molar-refractivity contribution in [1.82, 2.24) is 20.2 Å². The van der Waals surface area contributed by atoms with Crippen LogP contribution in [0, 0.1) is 17.2 Å². The molecular weight excluding hydrogens is 424 g/mol. The summed E-state index contributed by atoms with van der Waals surface area (Å²) in [4.78, 5) is 40.8. The lowest BCUT2D eigenvalue weighted by atomic mass is 9.83. The van der Waals surface area contributed by atoms with Crippen LogP contribution in [0.4, 0.5) is 4.79 Å². The van der Waals surface area contributed by atoms with E-state index in [1.807, 2.05) is 4.90 Å². The van der Waals surface area contributed by atoms with Gasteiger partial charge >= 0.3 is 6.09 Å². The number of hydrogen-bond donors (Lipinski definition) is 3. The lowest BCUT2D eigenvalue weighted by Gasteiger charge is -2.42. The minimum Gasteiger partial charge on any atom is -0.442 e. The van der Waals surface area contributed by atoms with Crippen LogP contribution in [-0.2, 0) is 14.3 Å². The van der Waals surface area contributed by atoms with Crippen molar-refractivity contribution in [3.05, 3.63) is 0 Å². The van der Waals surface area contributed by atoms with E-state index >= 15 is 0 Å². The number of rotatable bonds is 5. The number of guanidine groups is 1. The Morgan fingerprint density at radius 3 is 2.18 bits per heavy atom. The van der Waals surface area contributed by atoms with E-state index in [0.717, 1.165) is 44.9 Å². The second-order valence-electron chi connectivity index (χ2n) is 10.3. The number of piperidine rings is 1. The maximum absolute atomic E-state index is 13.5. The third kappa shape index (κ3) is 7.78. The second kappa shape index (κ2) is 11.6. The largest absolute Gasteiger partial charge is 0.442 e. The average Bonchev–Trinajstić information content (AvgIpc) is 2.74.